The van der Waals surface area contributed by atoms with E-state index in [9.17, 15) is 9.59 Å². The molecular formula is C39H49NO3. The molecule has 43 heavy (non-hydrogen) atoms. The highest BCUT2D eigenvalue weighted by atomic mass is 16.5. The summed E-state index contributed by atoms with van der Waals surface area (Å²) in [5.74, 6) is 2.64. The first-order chi connectivity index (χ1) is 20.8. The van der Waals surface area contributed by atoms with Crippen LogP contribution in [0.4, 0.5) is 5.69 Å². The Bertz CT molecular complexity index is 1360. The third-order valence-electron chi connectivity index (χ3n) is 10.3. The molecule has 2 aliphatic rings. The van der Waals surface area contributed by atoms with Gasteiger partial charge >= 0.3 is 5.97 Å². The molecule has 2 saturated carbocycles. The van der Waals surface area contributed by atoms with Gasteiger partial charge in [0.1, 0.15) is 5.75 Å². The molecule has 4 nitrogen and oxygen atoms in total. The van der Waals surface area contributed by atoms with E-state index < -0.39 is 0 Å². The van der Waals surface area contributed by atoms with Gasteiger partial charge in [0.15, 0.2) is 0 Å². The van der Waals surface area contributed by atoms with Crippen molar-refractivity contribution in [3.8, 4) is 16.9 Å². The van der Waals surface area contributed by atoms with Gasteiger partial charge in [0.05, 0.1) is 5.92 Å². The smallest absolute Gasteiger partial charge is 0.314 e. The van der Waals surface area contributed by atoms with Gasteiger partial charge < -0.3 is 10.1 Å². The monoisotopic (exact) mass is 579 g/mol. The Kier molecular flexibility index (Phi) is 10.4. The van der Waals surface area contributed by atoms with Crippen LogP contribution in [-0.4, -0.2) is 11.9 Å². The number of benzene rings is 3. The Morgan fingerprint density at radius 2 is 1.37 bits per heavy atom. The highest BCUT2D eigenvalue weighted by Gasteiger charge is 2.31. The number of hydrogen-bond acceptors (Lipinski definition) is 3. The van der Waals surface area contributed by atoms with Gasteiger partial charge in [-0.1, -0.05) is 69.2 Å². The molecule has 228 valence electrons. The zero-order valence-corrected chi connectivity index (χ0v) is 26.5. The Labute approximate surface area is 258 Å². The normalized spacial score (nSPS) is 22.9. The Hall–Kier alpha value is -3.40. The summed E-state index contributed by atoms with van der Waals surface area (Å²) in [6, 6.07) is 22.9. The van der Waals surface area contributed by atoms with Crippen molar-refractivity contribution in [2.75, 3.05) is 5.32 Å². The van der Waals surface area contributed by atoms with Gasteiger partial charge in [-0.25, -0.2) is 0 Å². The van der Waals surface area contributed by atoms with E-state index in [4.69, 9.17) is 4.74 Å². The largest absolute Gasteiger partial charge is 0.426 e. The van der Waals surface area contributed by atoms with Crippen LogP contribution in [0.2, 0.25) is 0 Å². The number of anilines is 1. The molecule has 1 unspecified atom stereocenters. The minimum absolute atomic E-state index is 0.0446. The van der Waals surface area contributed by atoms with Gasteiger partial charge in [0, 0.05) is 11.6 Å². The first-order valence-electron chi connectivity index (χ1n) is 16.6. The summed E-state index contributed by atoms with van der Waals surface area (Å²) in [6.45, 7) is 8.85. The molecule has 0 radical (unpaired) electrons. The molecule has 0 heterocycles. The van der Waals surface area contributed by atoms with Crippen LogP contribution < -0.4 is 10.1 Å². The summed E-state index contributed by atoms with van der Waals surface area (Å²) < 4.78 is 5.76. The Morgan fingerprint density at radius 1 is 0.767 bits per heavy atom. The summed E-state index contributed by atoms with van der Waals surface area (Å²) >= 11 is 0. The maximum atomic E-state index is 12.9. The summed E-state index contributed by atoms with van der Waals surface area (Å²) in [7, 11) is 0. The van der Waals surface area contributed by atoms with Crippen LogP contribution in [0.1, 0.15) is 101 Å². The molecule has 5 rings (SSSR count). The first kappa shape index (κ1) is 31.0. The highest BCUT2D eigenvalue weighted by molar-refractivity contribution is 5.92. The lowest BCUT2D eigenvalue weighted by molar-refractivity contribution is -0.141. The zero-order valence-electron chi connectivity index (χ0n) is 26.5. The van der Waals surface area contributed by atoms with Gasteiger partial charge in [-0.05, 0) is 135 Å². The van der Waals surface area contributed by atoms with Crippen molar-refractivity contribution in [2.24, 2.45) is 23.7 Å². The summed E-state index contributed by atoms with van der Waals surface area (Å²) in [5, 5.41) is 3.06. The fourth-order valence-electron chi connectivity index (χ4n) is 7.23. The summed E-state index contributed by atoms with van der Waals surface area (Å²) in [5.41, 5.74) is 6.98. The molecule has 4 heteroatoms. The first-order valence-corrected chi connectivity index (χ1v) is 16.6. The van der Waals surface area contributed by atoms with Crippen molar-refractivity contribution >= 4 is 17.6 Å². The van der Waals surface area contributed by atoms with E-state index in [0.717, 1.165) is 28.7 Å². The Balaban J connectivity index is 1.08. The predicted octanol–water partition coefficient (Wildman–Crippen LogP) is 10.0. The molecule has 1 N–H and O–H groups in total. The van der Waals surface area contributed by atoms with E-state index in [0.29, 0.717) is 37.4 Å². The molecule has 1 atom stereocenters. The van der Waals surface area contributed by atoms with E-state index in [1.54, 1.807) is 0 Å². The number of aryl methyl sites for hydroxylation is 2. The topological polar surface area (TPSA) is 55.4 Å². The average molecular weight is 580 g/mol. The maximum Gasteiger partial charge on any atom is 0.314 e. The molecule has 0 saturated heterocycles. The van der Waals surface area contributed by atoms with E-state index >= 15 is 0 Å². The number of amides is 1. The minimum atomic E-state index is -0.191. The number of rotatable bonds is 9. The lowest BCUT2D eigenvalue weighted by atomic mass is 9.73. The van der Waals surface area contributed by atoms with Crippen LogP contribution in [0.3, 0.4) is 0 Å². The van der Waals surface area contributed by atoms with Crippen LogP contribution in [0.15, 0.2) is 66.7 Å². The predicted molar refractivity (Wildman–Crippen MR) is 176 cm³/mol. The lowest BCUT2D eigenvalue weighted by Gasteiger charge is -2.32. The molecule has 0 spiro atoms. The molecule has 2 aliphatic carbocycles. The second-order valence-electron chi connectivity index (χ2n) is 13.3. The quantitative estimate of drug-likeness (QED) is 0.203. The second-order valence-corrected chi connectivity index (χ2v) is 13.3. The van der Waals surface area contributed by atoms with Gasteiger partial charge in [-0.3, -0.25) is 9.59 Å². The molecule has 0 aliphatic heterocycles. The van der Waals surface area contributed by atoms with E-state index in [-0.39, 0.29) is 23.7 Å². The number of esters is 1. The number of hydrogen-bond donors (Lipinski definition) is 1. The SMILES string of the molecule is CCCC(C)C1CCC(c2ccc(-c3ccc(OC(=O)C4CCC(C(=O)Nc5ccc(C)c(C)c5)CC4)cc3)cc2)CC1. The Morgan fingerprint density at radius 3 is 1.98 bits per heavy atom. The van der Waals surface area contributed by atoms with Crippen LogP contribution in [0.25, 0.3) is 11.1 Å². The molecule has 3 aromatic rings. The minimum Gasteiger partial charge on any atom is -0.426 e. The zero-order chi connectivity index (χ0) is 30.3. The van der Waals surface area contributed by atoms with Crippen molar-refractivity contribution in [2.45, 2.75) is 97.8 Å². The van der Waals surface area contributed by atoms with Crippen LogP contribution >= 0.6 is 0 Å². The van der Waals surface area contributed by atoms with Crippen molar-refractivity contribution in [3.05, 3.63) is 83.4 Å². The van der Waals surface area contributed by atoms with Gasteiger partial charge in [0.2, 0.25) is 5.91 Å². The molecule has 1 amide bonds. The standard InChI is InChI=1S/C39H49NO3/c1-5-6-27(3)29-8-10-30(11-9-29)31-12-14-32(15-13-31)33-20-23-37(24-21-33)43-39(42)35-18-16-34(17-19-35)38(41)40-36-22-7-26(2)28(4)25-36/h7,12-15,20-25,27,29-30,34-35H,5-6,8-11,16-19H2,1-4H3,(H,40,41). The van der Waals surface area contributed by atoms with Crippen LogP contribution in [-0.2, 0) is 9.59 Å². The van der Waals surface area contributed by atoms with E-state index in [2.05, 4.69) is 50.4 Å². The third kappa shape index (κ3) is 7.96. The average Bonchev–Trinajstić information content (AvgIpc) is 3.03. The van der Waals surface area contributed by atoms with Gasteiger partial charge in [-0.15, -0.1) is 0 Å². The number of nitrogens with one attached hydrogen (secondary N) is 1. The van der Waals surface area contributed by atoms with Gasteiger partial charge in [0.25, 0.3) is 0 Å². The molecule has 3 aromatic carbocycles. The van der Waals surface area contributed by atoms with E-state index in [1.807, 2.05) is 49.4 Å². The number of carbonyl (C=O) groups is 2. The molecule has 0 bridgehead atoms. The third-order valence-corrected chi connectivity index (χ3v) is 10.3. The van der Waals surface area contributed by atoms with Crippen molar-refractivity contribution in [1.29, 1.82) is 0 Å². The summed E-state index contributed by atoms with van der Waals surface area (Å²) in [6.07, 6.45) is 10.7. The molecular weight excluding hydrogens is 530 g/mol. The van der Waals surface area contributed by atoms with E-state index in [1.165, 1.54) is 55.2 Å². The van der Waals surface area contributed by atoms with Crippen LogP contribution in [0, 0.1) is 37.5 Å². The second kappa shape index (κ2) is 14.4. The highest BCUT2D eigenvalue weighted by Crippen LogP contribution is 2.40. The molecule has 2 fully saturated rings. The number of ether oxygens (including phenoxy) is 1. The fourth-order valence-corrected chi connectivity index (χ4v) is 7.23. The van der Waals surface area contributed by atoms with Crippen LogP contribution in [0.5, 0.6) is 5.75 Å². The maximum absolute atomic E-state index is 12.9. The summed E-state index contributed by atoms with van der Waals surface area (Å²) in [4.78, 5) is 25.7. The fraction of sp³-hybridized carbons (Fsp3) is 0.487. The van der Waals surface area contributed by atoms with Gasteiger partial charge in [-0.2, -0.15) is 0 Å². The van der Waals surface area contributed by atoms with Crippen molar-refractivity contribution in [3.63, 3.8) is 0 Å². The lowest BCUT2D eigenvalue weighted by Crippen LogP contribution is -2.31. The van der Waals surface area contributed by atoms with Crippen molar-refractivity contribution < 1.29 is 14.3 Å². The van der Waals surface area contributed by atoms with Crippen molar-refractivity contribution in [1.82, 2.24) is 0 Å². The molecule has 0 aromatic heterocycles. The number of carbonyl (C=O) groups excluding carboxylic acids is 2.